The first-order valence-corrected chi connectivity index (χ1v) is 7.65. The first-order chi connectivity index (χ1) is 11.1. The van der Waals surface area contributed by atoms with Gasteiger partial charge >= 0.3 is 5.97 Å². The second-order valence-corrected chi connectivity index (χ2v) is 5.83. The van der Waals surface area contributed by atoms with Crippen LogP contribution in [-0.2, 0) is 11.2 Å². The Morgan fingerprint density at radius 2 is 2.04 bits per heavy atom. The Kier molecular flexibility index (Phi) is 4.41. The van der Waals surface area contributed by atoms with E-state index in [0.717, 1.165) is 24.1 Å². The van der Waals surface area contributed by atoms with E-state index in [1.807, 2.05) is 30.3 Å². The highest BCUT2D eigenvalue weighted by Crippen LogP contribution is 2.39. The number of hydrogen-bond acceptors (Lipinski definition) is 4. The van der Waals surface area contributed by atoms with Crippen LogP contribution >= 0.6 is 0 Å². The van der Waals surface area contributed by atoms with Gasteiger partial charge in [0.1, 0.15) is 0 Å². The van der Waals surface area contributed by atoms with E-state index < -0.39 is 17.8 Å². The predicted octanol–water partition coefficient (Wildman–Crippen LogP) is 2.23. The van der Waals surface area contributed by atoms with E-state index in [9.17, 15) is 14.7 Å². The van der Waals surface area contributed by atoms with Crippen LogP contribution in [0.2, 0.25) is 0 Å². The molecule has 0 saturated heterocycles. The molecule has 2 aromatic rings. The monoisotopic (exact) mass is 314 g/mol. The van der Waals surface area contributed by atoms with Gasteiger partial charge in [-0.1, -0.05) is 35.5 Å². The van der Waals surface area contributed by atoms with Crippen LogP contribution in [0, 0.1) is 5.92 Å². The number of benzene rings is 1. The van der Waals surface area contributed by atoms with Crippen LogP contribution in [0.25, 0.3) is 0 Å². The number of carbonyl (C=O) groups excluding carboxylic acids is 1. The largest absolute Gasteiger partial charge is 0.481 e. The number of carboxylic acid groups (broad SMARTS) is 1. The normalized spacial score (nSPS) is 15.1. The van der Waals surface area contributed by atoms with Crippen molar-refractivity contribution in [2.24, 2.45) is 5.92 Å². The topological polar surface area (TPSA) is 92.4 Å². The molecular weight excluding hydrogens is 296 g/mol. The van der Waals surface area contributed by atoms with Crippen molar-refractivity contribution >= 4 is 11.9 Å². The Morgan fingerprint density at radius 3 is 2.70 bits per heavy atom. The smallest absolute Gasteiger partial charge is 0.308 e. The molecule has 1 amide bonds. The highest BCUT2D eigenvalue weighted by atomic mass is 16.5. The molecule has 0 radical (unpaired) electrons. The lowest BCUT2D eigenvalue weighted by Gasteiger charge is -2.12. The summed E-state index contributed by atoms with van der Waals surface area (Å²) < 4.78 is 5.03. The Bertz CT molecular complexity index is 692. The van der Waals surface area contributed by atoms with Crippen LogP contribution in [-0.4, -0.2) is 28.7 Å². The van der Waals surface area contributed by atoms with E-state index in [-0.39, 0.29) is 12.3 Å². The van der Waals surface area contributed by atoms with Gasteiger partial charge in [0.25, 0.3) is 5.91 Å². The molecule has 1 aliphatic carbocycles. The summed E-state index contributed by atoms with van der Waals surface area (Å²) in [6.07, 6.45) is 2.51. The van der Waals surface area contributed by atoms with E-state index in [4.69, 9.17) is 4.52 Å². The van der Waals surface area contributed by atoms with Gasteiger partial charge in [0.15, 0.2) is 0 Å². The molecule has 23 heavy (non-hydrogen) atoms. The maximum atomic E-state index is 12.0. The van der Waals surface area contributed by atoms with Crippen molar-refractivity contribution in [2.75, 3.05) is 6.54 Å². The first-order valence-electron chi connectivity index (χ1n) is 7.65. The molecule has 1 aliphatic rings. The summed E-state index contributed by atoms with van der Waals surface area (Å²) in [4.78, 5) is 23.4. The molecule has 1 unspecified atom stereocenters. The Balaban J connectivity index is 1.57. The lowest BCUT2D eigenvalue weighted by molar-refractivity contribution is -0.141. The van der Waals surface area contributed by atoms with Crippen molar-refractivity contribution in [1.29, 1.82) is 0 Å². The zero-order valence-corrected chi connectivity index (χ0v) is 12.6. The molecule has 0 bridgehead atoms. The number of hydrogen-bond donors (Lipinski definition) is 2. The molecule has 1 fully saturated rings. The minimum Gasteiger partial charge on any atom is -0.481 e. The molecule has 6 nitrogen and oxygen atoms in total. The Morgan fingerprint density at radius 1 is 1.30 bits per heavy atom. The number of rotatable bonds is 7. The quantitative estimate of drug-likeness (QED) is 0.817. The van der Waals surface area contributed by atoms with Gasteiger partial charge in [0, 0.05) is 18.5 Å². The molecule has 0 aliphatic heterocycles. The fourth-order valence-corrected chi connectivity index (χ4v) is 2.42. The van der Waals surface area contributed by atoms with Crippen molar-refractivity contribution in [3.8, 4) is 0 Å². The molecule has 1 aromatic heterocycles. The molecule has 3 rings (SSSR count). The molecule has 6 heteroatoms. The van der Waals surface area contributed by atoms with Gasteiger partial charge in [0.05, 0.1) is 11.6 Å². The Hall–Kier alpha value is -2.63. The molecule has 1 heterocycles. The van der Waals surface area contributed by atoms with Crippen LogP contribution in [0.5, 0.6) is 0 Å². The molecule has 1 atom stereocenters. The Labute approximate surface area is 133 Å². The van der Waals surface area contributed by atoms with Gasteiger partial charge in [0.2, 0.25) is 5.76 Å². The fourth-order valence-electron chi connectivity index (χ4n) is 2.42. The molecule has 120 valence electrons. The fraction of sp³-hybridized carbons (Fsp3) is 0.353. The second kappa shape index (κ2) is 6.64. The SMILES string of the molecule is O=C(NCC(Cc1ccccc1)C(=O)O)c1cc(C2CC2)no1. The van der Waals surface area contributed by atoms with Crippen LogP contribution in [0.15, 0.2) is 40.9 Å². The number of carbonyl (C=O) groups is 2. The maximum Gasteiger partial charge on any atom is 0.308 e. The summed E-state index contributed by atoms with van der Waals surface area (Å²) in [6, 6.07) is 11.0. The number of aliphatic carboxylic acids is 1. The molecular formula is C17H18N2O4. The van der Waals surface area contributed by atoms with Crippen LogP contribution in [0.3, 0.4) is 0 Å². The summed E-state index contributed by atoms with van der Waals surface area (Å²) in [7, 11) is 0. The van der Waals surface area contributed by atoms with E-state index in [1.54, 1.807) is 6.07 Å². The second-order valence-electron chi connectivity index (χ2n) is 5.83. The minimum absolute atomic E-state index is 0.0442. The van der Waals surface area contributed by atoms with Crippen molar-refractivity contribution in [1.82, 2.24) is 10.5 Å². The third-order valence-corrected chi connectivity index (χ3v) is 3.93. The molecule has 1 saturated carbocycles. The summed E-state index contributed by atoms with van der Waals surface area (Å²) >= 11 is 0. The van der Waals surface area contributed by atoms with Crippen LogP contribution < -0.4 is 5.32 Å². The first kappa shape index (κ1) is 15.3. The highest BCUT2D eigenvalue weighted by Gasteiger charge is 2.28. The van der Waals surface area contributed by atoms with Crippen molar-refractivity contribution in [2.45, 2.75) is 25.2 Å². The zero-order valence-electron chi connectivity index (χ0n) is 12.6. The lowest BCUT2D eigenvalue weighted by Crippen LogP contribution is -2.34. The predicted molar refractivity (Wildman–Crippen MR) is 82.1 cm³/mol. The number of aromatic nitrogens is 1. The summed E-state index contributed by atoms with van der Waals surface area (Å²) in [5, 5.41) is 15.8. The molecule has 2 N–H and O–H groups in total. The van der Waals surface area contributed by atoms with Crippen molar-refractivity contribution < 1.29 is 19.2 Å². The summed E-state index contributed by atoms with van der Waals surface area (Å²) in [6.45, 7) is 0.0442. The maximum absolute atomic E-state index is 12.0. The van der Waals surface area contributed by atoms with Crippen molar-refractivity contribution in [3.63, 3.8) is 0 Å². The number of amides is 1. The molecule has 0 spiro atoms. The lowest BCUT2D eigenvalue weighted by atomic mass is 9.99. The van der Waals surface area contributed by atoms with Gasteiger partial charge in [-0.2, -0.15) is 0 Å². The van der Waals surface area contributed by atoms with E-state index in [0.29, 0.717) is 12.3 Å². The van der Waals surface area contributed by atoms with Gasteiger partial charge in [-0.15, -0.1) is 0 Å². The van der Waals surface area contributed by atoms with Crippen LogP contribution in [0.1, 0.15) is 40.6 Å². The van der Waals surface area contributed by atoms with Gasteiger partial charge in [-0.05, 0) is 24.8 Å². The highest BCUT2D eigenvalue weighted by molar-refractivity contribution is 5.91. The zero-order chi connectivity index (χ0) is 16.2. The minimum atomic E-state index is -0.939. The van der Waals surface area contributed by atoms with Crippen molar-refractivity contribution in [3.05, 3.63) is 53.4 Å². The van der Waals surface area contributed by atoms with Crippen LogP contribution in [0.4, 0.5) is 0 Å². The summed E-state index contributed by atoms with van der Waals surface area (Å²) in [5.41, 5.74) is 1.72. The number of carboxylic acids is 1. The average Bonchev–Trinajstić information content (AvgIpc) is 3.29. The van der Waals surface area contributed by atoms with E-state index in [2.05, 4.69) is 10.5 Å². The number of nitrogens with one attached hydrogen (secondary N) is 1. The summed E-state index contributed by atoms with van der Waals surface area (Å²) in [5.74, 6) is -1.51. The van der Waals surface area contributed by atoms with Gasteiger partial charge in [-0.3, -0.25) is 9.59 Å². The third-order valence-electron chi connectivity index (χ3n) is 3.93. The third kappa shape index (κ3) is 3.97. The van der Waals surface area contributed by atoms with Gasteiger partial charge in [-0.25, -0.2) is 0 Å². The van der Waals surface area contributed by atoms with E-state index >= 15 is 0 Å². The average molecular weight is 314 g/mol. The molecule has 1 aromatic carbocycles. The standard InChI is InChI=1S/C17H18N2O4/c20-16(15-9-14(19-23-15)12-6-7-12)18-10-13(17(21)22)8-11-4-2-1-3-5-11/h1-5,9,12-13H,6-8,10H2,(H,18,20)(H,21,22). The van der Waals surface area contributed by atoms with E-state index in [1.165, 1.54) is 0 Å². The van der Waals surface area contributed by atoms with Gasteiger partial charge < -0.3 is 14.9 Å². The number of nitrogens with zero attached hydrogens (tertiary/aromatic N) is 1.